The van der Waals surface area contributed by atoms with E-state index in [-0.39, 0.29) is 48.4 Å². The fourth-order valence-corrected chi connectivity index (χ4v) is 6.10. The summed E-state index contributed by atoms with van der Waals surface area (Å²) in [5.41, 5.74) is 2.64. The summed E-state index contributed by atoms with van der Waals surface area (Å²) >= 11 is 0. The van der Waals surface area contributed by atoms with Crippen LogP contribution in [-0.4, -0.2) is 74.2 Å². The zero-order valence-corrected chi connectivity index (χ0v) is 20.9. The first kappa shape index (κ1) is 25.0. The minimum absolute atomic E-state index is 0.0781. The van der Waals surface area contributed by atoms with Gasteiger partial charge in [-0.25, -0.2) is 18.1 Å². The lowest BCUT2D eigenvalue weighted by atomic mass is 10.1. The minimum Gasteiger partial charge on any atom is -0.462 e. The third-order valence-electron chi connectivity index (χ3n) is 6.50. The molecular weight excluding hydrogens is 470 g/mol. The van der Waals surface area contributed by atoms with Crippen molar-refractivity contribution in [3.8, 4) is 0 Å². The lowest BCUT2D eigenvalue weighted by molar-refractivity contribution is -0.123. The number of sulfonamides is 1. The molecule has 4 rings (SSSR count). The van der Waals surface area contributed by atoms with Crippen LogP contribution in [0, 0.1) is 13.8 Å². The molecular formula is C25H29N3O6S. The standard InChI is InChI=1S/C25H29N3O6S/c1-4-34-25(31)19-8-10-20(11-9-19)35(32,33)27-14-12-26(13-15-27)21-16-22(29)28(24(21)30)23-17(2)6-5-7-18(23)3/h5-11,21H,4,12-16H2,1-3H3/t21-/m0/s1. The molecule has 2 saturated heterocycles. The molecule has 2 heterocycles. The molecule has 1 atom stereocenters. The van der Waals surface area contributed by atoms with E-state index in [1.165, 1.54) is 33.5 Å². The molecule has 0 radical (unpaired) electrons. The number of para-hydroxylation sites is 1. The summed E-state index contributed by atoms with van der Waals surface area (Å²) in [6.45, 7) is 6.76. The first-order valence-electron chi connectivity index (χ1n) is 11.6. The van der Waals surface area contributed by atoms with Crippen LogP contribution in [0.1, 0.15) is 34.8 Å². The van der Waals surface area contributed by atoms with E-state index in [2.05, 4.69) is 0 Å². The summed E-state index contributed by atoms with van der Waals surface area (Å²) in [6.07, 6.45) is 0.0781. The Labute approximate surface area is 205 Å². The van der Waals surface area contributed by atoms with Crippen molar-refractivity contribution in [3.63, 3.8) is 0 Å². The average Bonchev–Trinajstić information content (AvgIpc) is 3.13. The maximum atomic E-state index is 13.2. The van der Waals surface area contributed by atoms with E-state index in [4.69, 9.17) is 4.74 Å². The Morgan fingerprint density at radius 2 is 1.57 bits per heavy atom. The van der Waals surface area contributed by atoms with Gasteiger partial charge in [0.05, 0.1) is 35.2 Å². The molecule has 2 aliphatic rings. The SMILES string of the molecule is CCOC(=O)c1ccc(S(=O)(=O)N2CCN([C@H]3CC(=O)N(c4c(C)cccc4C)C3=O)CC2)cc1. The molecule has 0 N–H and O–H groups in total. The summed E-state index contributed by atoms with van der Waals surface area (Å²) in [5.74, 6) is -1.01. The molecule has 2 fully saturated rings. The number of benzene rings is 2. The molecule has 10 heteroatoms. The molecule has 0 bridgehead atoms. The number of amides is 2. The molecule has 0 saturated carbocycles. The molecule has 2 amide bonds. The third-order valence-corrected chi connectivity index (χ3v) is 8.42. The number of ether oxygens (including phenoxy) is 1. The van der Waals surface area contributed by atoms with Gasteiger partial charge >= 0.3 is 5.97 Å². The monoisotopic (exact) mass is 499 g/mol. The lowest BCUT2D eigenvalue weighted by Crippen LogP contribution is -2.53. The number of carbonyl (C=O) groups excluding carboxylic acids is 3. The maximum absolute atomic E-state index is 13.2. The summed E-state index contributed by atoms with van der Waals surface area (Å²) < 4.78 is 32.5. The van der Waals surface area contributed by atoms with E-state index in [1.54, 1.807) is 6.92 Å². The average molecular weight is 500 g/mol. The molecule has 2 aromatic rings. The van der Waals surface area contributed by atoms with Crippen molar-refractivity contribution in [2.45, 2.75) is 38.1 Å². The quantitative estimate of drug-likeness (QED) is 0.443. The van der Waals surface area contributed by atoms with Crippen LogP contribution in [0.4, 0.5) is 5.69 Å². The second-order valence-corrected chi connectivity index (χ2v) is 10.7. The molecule has 0 aromatic heterocycles. The van der Waals surface area contributed by atoms with Crippen molar-refractivity contribution < 1.29 is 27.5 Å². The van der Waals surface area contributed by atoms with Gasteiger partial charge < -0.3 is 4.74 Å². The minimum atomic E-state index is -3.76. The highest BCUT2D eigenvalue weighted by Crippen LogP contribution is 2.32. The molecule has 35 heavy (non-hydrogen) atoms. The van der Waals surface area contributed by atoms with Crippen molar-refractivity contribution >= 4 is 33.5 Å². The van der Waals surface area contributed by atoms with Gasteiger partial charge in [0.15, 0.2) is 0 Å². The molecule has 0 aliphatic carbocycles. The van der Waals surface area contributed by atoms with Gasteiger partial charge in [0.2, 0.25) is 15.9 Å². The number of nitrogens with zero attached hydrogens (tertiary/aromatic N) is 3. The summed E-state index contributed by atoms with van der Waals surface area (Å²) in [7, 11) is -3.76. The topological polar surface area (TPSA) is 104 Å². The Hall–Kier alpha value is -3.08. The summed E-state index contributed by atoms with van der Waals surface area (Å²) in [6, 6.07) is 10.7. The van der Waals surface area contributed by atoms with E-state index in [9.17, 15) is 22.8 Å². The molecule has 2 aliphatic heterocycles. The Morgan fingerprint density at radius 1 is 0.971 bits per heavy atom. The second-order valence-electron chi connectivity index (χ2n) is 8.71. The van der Waals surface area contributed by atoms with Crippen molar-refractivity contribution in [2.24, 2.45) is 0 Å². The first-order valence-corrected chi connectivity index (χ1v) is 13.0. The number of carbonyl (C=O) groups is 3. The number of esters is 1. The van der Waals surface area contributed by atoms with Crippen LogP contribution in [0.2, 0.25) is 0 Å². The number of rotatable bonds is 6. The fraction of sp³-hybridized carbons (Fsp3) is 0.400. The van der Waals surface area contributed by atoms with Gasteiger partial charge in [-0.1, -0.05) is 18.2 Å². The van der Waals surface area contributed by atoms with E-state index in [0.29, 0.717) is 18.8 Å². The van der Waals surface area contributed by atoms with Crippen LogP contribution in [0.25, 0.3) is 0 Å². The number of piperazine rings is 1. The molecule has 186 valence electrons. The van der Waals surface area contributed by atoms with Gasteiger partial charge in [-0.2, -0.15) is 4.31 Å². The Balaban J connectivity index is 1.43. The van der Waals surface area contributed by atoms with Crippen LogP contribution < -0.4 is 4.90 Å². The Kier molecular flexibility index (Phi) is 7.07. The molecule has 9 nitrogen and oxygen atoms in total. The maximum Gasteiger partial charge on any atom is 0.338 e. The van der Waals surface area contributed by atoms with Crippen molar-refractivity contribution in [1.29, 1.82) is 0 Å². The first-order chi connectivity index (χ1) is 16.6. The van der Waals surface area contributed by atoms with Gasteiger partial charge in [-0.15, -0.1) is 0 Å². The predicted molar refractivity (Wildman–Crippen MR) is 130 cm³/mol. The van der Waals surface area contributed by atoms with Gasteiger partial charge in [0, 0.05) is 26.2 Å². The van der Waals surface area contributed by atoms with E-state index >= 15 is 0 Å². The van der Waals surface area contributed by atoms with Crippen LogP contribution in [0.5, 0.6) is 0 Å². The number of hydrogen-bond donors (Lipinski definition) is 0. The summed E-state index contributed by atoms with van der Waals surface area (Å²) in [5, 5.41) is 0. The molecule has 0 spiro atoms. The normalized spacial score (nSPS) is 19.9. The van der Waals surface area contributed by atoms with E-state index in [0.717, 1.165) is 11.1 Å². The number of aryl methyl sites for hydroxylation is 2. The summed E-state index contributed by atoms with van der Waals surface area (Å²) in [4.78, 5) is 41.1. The third kappa shape index (κ3) is 4.73. The van der Waals surface area contributed by atoms with Crippen LogP contribution in [0.3, 0.4) is 0 Å². The Morgan fingerprint density at radius 3 is 2.14 bits per heavy atom. The van der Waals surface area contributed by atoms with Gasteiger partial charge in [0.25, 0.3) is 5.91 Å². The molecule has 2 aromatic carbocycles. The number of anilines is 1. The molecule has 0 unspecified atom stereocenters. The predicted octanol–water partition coefficient (Wildman–Crippen LogP) is 2.12. The highest BCUT2D eigenvalue weighted by molar-refractivity contribution is 7.89. The van der Waals surface area contributed by atoms with Crippen LogP contribution in [-0.2, 0) is 24.3 Å². The van der Waals surface area contributed by atoms with Crippen molar-refractivity contribution in [3.05, 3.63) is 59.2 Å². The van der Waals surface area contributed by atoms with Crippen LogP contribution in [0.15, 0.2) is 47.4 Å². The number of imide groups is 1. The fourth-order valence-electron chi connectivity index (χ4n) is 4.68. The van der Waals surface area contributed by atoms with E-state index in [1.807, 2.05) is 36.9 Å². The van der Waals surface area contributed by atoms with Gasteiger partial charge in [0.1, 0.15) is 0 Å². The lowest BCUT2D eigenvalue weighted by Gasteiger charge is -2.36. The van der Waals surface area contributed by atoms with Gasteiger partial charge in [-0.3, -0.25) is 14.5 Å². The zero-order valence-electron chi connectivity index (χ0n) is 20.1. The number of hydrogen-bond acceptors (Lipinski definition) is 7. The Bertz CT molecular complexity index is 1230. The smallest absolute Gasteiger partial charge is 0.338 e. The van der Waals surface area contributed by atoms with Crippen molar-refractivity contribution in [2.75, 3.05) is 37.7 Å². The highest BCUT2D eigenvalue weighted by atomic mass is 32.2. The largest absolute Gasteiger partial charge is 0.462 e. The highest BCUT2D eigenvalue weighted by Gasteiger charge is 2.44. The van der Waals surface area contributed by atoms with Gasteiger partial charge in [-0.05, 0) is 56.2 Å². The second kappa shape index (κ2) is 9.88. The van der Waals surface area contributed by atoms with E-state index < -0.39 is 22.0 Å². The zero-order chi connectivity index (χ0) is 25.3. The van der Waals surface area contributed by atoms with Crippen LogP contribution >= 0.6 is 0 Å². The van der Waals surface area contributed by atoms with Crippen molar-refractivity contribution in [1.82, 2.24) is 9.21 Å².